The summed E-state index contributed by atoms with van der Waals surface area (Å²) in [7, 11) is 0. The first-order valence-corrected chi connectivity index (χ1v) is 8.44. The first-order valence-electron chi connectivity index (χ1n) is 8.44. The van der Waals surface area contributed by atoms with E-state index in [1.54, 1.807) is 0 Å². The molecule has 3 aromatic rings. The van der Waals surface area contributed by atoms with Gasteiger partial charge in [-0.25, -0.2) is 8.78 Å². The fourth-order valence-corrected chi connectivity index (χ4v) is 3.02. The summed E-state index contributed by atoms with van der Waals surface area (Å²) < 4.78 is 27.4. The smallest absolute Gasteiger partial charge is 0.240 e. The fourth-order valence-electron chi connectivity index (χ4n) is 3.02. The molecule has 3 rings (SSSR count). The van der Waals surface area contributed by atoms with E-state index in [9.17, 15) is 18.4 Å². The number of benzene rings is 3. The van der Waals surface area contributed by atoms with Crippen LogP contribution in [0.5, 0.6) is 0 Å². The lowest BCUT2D eigenvalue weighted by Crippen LogP contribution is -2.46. The molecular formula is C21H18F2N2O2. The van der Waals surface area contributed by atoms with Gasteiger partial charge >= 0.3 is 0 Å². The van der Waals surface area contributed by atoms with E-state index in [2.05, 4.69) is 5.32 Å². The van der Waals surface area contributed by atoms with Gasteiger partial charge in [-0.1, -0.05) is 48.5 Å². The number of rotatable bonds is 6. The summed E-state index contributed by atoms with van der Waals surface area (Å²) in [6, 6.07) is 15.7. The Morgan fingerprint density at radius 1 is 0.926 bits per heavy atom. The number of primary amides is 1. The van der Waals surface area contributed by atoms with Crippen LogP contribution in [0.1, 0.15) is 11.1 Å². The van der Waals surface area contributed by atoms with Crippen molar-refractivity contribution in [3.8, 4) is 0 Å². The van der Waals surface area contributed by atoms with Gasteiger partial charge in [-0.05, 0) is 28.5 Å². The van der Waals surface area contributed by atoms with Gasteiger partial charge in [-0.3, -0.25) is 9.59 Å². The van der Waals surface area contributed by atoms with E-state index < -0.39 is 35.9 Å². The number of nitrogens with one attached hydrogen (secondary N) is 1. The molecule has 3 N–H and O–H groups in total. The average molecular weight is 368 g/mol. The molecule has 4 nitrogen and oxygen atoms in total. The zero-order valence-corrected chi connectivity index (χ0v) is 14.4. The zero-order valence-electron chi connectivity index (χ0n) is 14.4. The molecule has 0 heterocycles. The highest BCUT2D eigenvalue weighted by Gasteiger charge is 2.21. The summed E-state index contributed by atoms with van der Waals surface area (Å²) in [6.45, 7) is 0. The van der Waals surface area contributed by atoms with Crippen molar-refractivity contribution in [1.29, 1.82) is 0 Å². The van der Waals surface area contributed by atoms with Crippen LogP contribution in [0.4, 0.5) is 8.78 Å². The van der Waals surface area contributed by atoms with Gasteiger partial charge in [0.2, 0.25) is 11.8 Å². The lowest BCUT2D eigenvalue weighted by molar-refractivity contribution is -0.127. The summed E-state index contributed by atoms with van der Waals surface area (Å²) in [5.41, 5.74) is 5.93. The molecule has 6 heteroatoms. The van der Waals surface area contributed by atoms with E-state index in [4.69, 9.17) is 5.73 Å². The molecule has 0 radical (unpaired) electrons. The molecule has 0 aliphatic carbocycles. The number of amides is 2. The SMILES string of the molecule is NC(=O)[C@@H](Cc1cccc2ccccc12)NC(=O)Cc1c(F)cccc1F. The number of halogens is 2. The molecule has 138 valence electrons. The maximum Gasteiger partial charge on any atom is 0.240 e. The second-order valence-electron chi connectivity index (χ2n) is 6.24. The topological polar surface area (TPSA) is 72.2 Å². The Balaban J connectivity index is 1.78. The van der Waals surface area contributed by atoms with Gasteiger partial charge in [-0.15, -0.1) is 0 Å². The first kappa shape index (κ1) is 18.5. The van der Waals surface area contributed by atoms with Gasteiger partial charge in [-0.2, -0.15) is 0 Å². The highest BCUT2D eigenvalue weighted by Crippen LogP contribution is 2.20. The Bertz CT molecular complexity index is 979. The van der Waals surface area contributed by atoms with Crippen LogP contribution in [-0.2, 0) is 22.4 Å². The molecule has 0 unspecified atom stereocenters. The second-order valence-corrected chi connectivity index (χ2v) is 6.24. The van der Waals surface area contributed by atoms with Crippen molar-refractivity contribution in [2.45, 2.75) is 18.9 Å². The predicted octanol–water partition coefficient (Wildman–Crippen LogP) is 2.87. The van der Waals surface area contributed by atoms with Gasteiger partial charge in [0.15, 0.2) is 0 Å². The third-order valence-electron chi connectivity index (χ3n) is 4.38. The highest BCUT2D eigenvalue weighted by molar-refractivity contribution is 5.90. The molecule has 3 aromatic carbocycles. The molecular weight excluding hydrogens is 350 g/mol. The third-order valence-corrected chi connectivity index (χ3v) is 4.38. The summed E-state index contributed by atoms with van der Waals surface area (Å²) in [5, 5.41) is 4.43. The fraction of sp³-hybridized carbons (Fsp3) is 0.143. The minimum Gasteiger partial charge on any atom is -0.368 e. The van der Waals surface area contributed by atoms with E-state index in [0.717, 1.165) is 28.5 Å². The number of hydrogen-bond acceptors (Lipinski definition) is 2. The molecule has 1 atom stereocenters. The minimum absolute atomic E-state index is 0.183. The van der Waals surface area contributed by atoms with Crippen molar-refractivity contribution in [1.82, 2.24) is 5.32 Å². The largest absolute Gasteiger partial charge is 0.368 e. The molecule has 0 spiro atoms. The monoisotopic (exact) mass is 368 g/mol. The minimum atomic E-state index is -0.988. The van der Waals surface area contributed by atoms with Crippen LogP contribution >= 0.6 is 0 Å². The van der Waals surface area contributed by atoms with Crippen LogP contribution in [0.3, 0.4) is 0 Å². The molecule has 0 bridgehead atoms. The Hall–Kier alpha value is -3.28. The molecule has 0 fully saturated rings. The van der Waals surface area contributed by atoms with Crippen LogP contribution in [0, 0.1) is 11.6 Å². The van der Waals surface area contributed by atoms with E-state index >= 15 is 0 Å². The summed E-state index contributed by atoms with van der Waals surface area (Å²) >= 11 is 0. The zero-order chi connectivity index (χ0) is 19.4. The Morgan fingerprint density at radius 3 is 2.26 bits per heavy atom. The van der Waals surface area contributed by atoms with E-state index in [1.807, 2.05) is 42.5 Å². The van der Waals surface area contributed by atoms with Gasteiger partial charge < -0.3 is 11.1 Å². The van der Waals surface area contributed by atoms with E-state index in [1.165, 1.54) is 6.07 Å². The number of nitrogens with two attached hydrogens (primary N) is 1. The van der Waals surface area contributed by atoms with Gasteiger partial charge in [0.05, 0.1) is 6.42 Å². The van der Waals surface area contributed by atoms with Crippen LogP contribution in [0.2, 0.25) is 0 Å². The van der Waals surface area contributed by atoms with Crippen LogP contribution < -0.4 is 11.1 Å². The lowest BCUT2D eigenvalue weighted by atomic mass is 9.98. The number of fused-ring (bicyclic) bond motifs is 1. The van der Waals surface area contributed by atoms with Crippen molar-refractivity contribution >= 4 is 22.6 Å². The van der Waals surface area contributed by atoms with Gasteiger partial charge in [0, 0.05) is 12.0 Å². The molecule has 0 aromatic heterocycles. The maximum absolute atomic E-state index is 13.7. The highest BCUT2D eigenvalue weighted by atomic mass is 19.1. The maximum atomic E-state index is 13.7. The van der Waals surface area contributed by atoms with E-state index in [0.29, 0.717) is 0 Å². The van der Waals surface area contributed by atoms with Crippen LogP contribution in [0.25, 0.3) is 10.8 Å². The van der Waals surface area contributed by atoms with Crippen LogP contribution in [0.15, 0.2) is 60.7 Å². The molecule has 0 saturated heterocycles. The Kier molecular flexibility index (Phi) is 5.45. The third kappa shape index (κ3) is 4.28. The molecule has 0 saturated carbocycles. The molecule has 2 amide bonds. The summed E-state index contributed by atoms with van der Waals surface area (Å²) in [5.74, 6) is -3.02. The first-order chi connectivity index (χ1) is 13.0. The molecule has 0 aliphatic heterocycles. The summed E-state index contributed by atoms with van der Waals surface area (Å²) in [4.78, 5) is 24.1. The van der Waals surface area contributed by atoms with Crippen molar-refractivity contribution in [3.05, 3.63) is 83.4 Å². The Labute approximate surface area is 155 Å². The predicted molar refractivity (Wildman–Crippen MR) is 98.8 cm³/mol. The number of hydrogen-bond donors (Lipinski definition) is 2. The number of carbonyl (C=O) groups is 2. The standard InChI is InChI=1S/C21H18F2N2O2/c22-17-9-4-10-18(23)16(17)12-20(26)25-19(21(24)27)11-14-7-3-6-13-5-1-2-8-15(13)14/h1-10,19H,11-12H2,(H2,24,27)(H,25,26)/t19-/m1/s1. The average Bonchev–Trinajstić information content (AvgIpc) is 2.64. The Morgan fingerprint density at radius 2 is 1.56 bits per heavy atom. The quantitative estimate of drug-likeness (QED) is 0.702. The summed E-state index contributed by atoms with van der Waals surface area (Å²) in [6.07, 6.45) is -0.333. The van der Waals surface area contributed by atoms with Crippen molar-refractivity contribution < 1.29 is 18.4 Å². The van der Waals surface area contributed by atoms with Gasteiger partial charge in [0.1, 0.15) is 17.7 Å². The van der Waals surface area contributed by atoms with Crippen molar-refractivity contribution in [3.63, 3.8) is 0 Å². The van der Waals surface area contributed by atoms with Gasteiger partial charge in [0.25, 0.3) is 0 Å². The molecule has 0 aliphatic rings. The van der Waals surface area contributed by atoms with Crippen molar-refractivity contribution in [2.75, 3.05) is 0 Å². The normalized spacial score (nSPS) is 11.9. The number of carbonyl (C=O) groups excluding carboxylic acids is 2. The lowest BCUT2D eigenvalue weighted by Gasteiger charge is -2.17. The van der Waals surface area contributed by atoms with E-state index in [-0.39, 0.29) is 12.0 Å². The molecule has 27 heavy (non-hydrogen) atoms. The van der Waals surface area contributed by atoms with Crippen LogP contribution in [-0.4, -0.2) is 17.9 Å². The second kappa shape index (κ2) is 7.95. The van der Waals surface area contributed by atoms with Crippen molar-refractivity contribution in [2.24, 2.45) is 5.73 Å².